The van der Waals surface area contributed by atoms with E-state index in [0.29, 0.717) is 40.2 Å². The van der Waals surface area contributed by atoms with Gasteiger partial charge in [-0.1, -0.05) is 20.8 Å². The van der Waals surface area contributed by atoms with Crippen LogP contribution in [0.25, 0.3) is 0 Å². The number of hydrogen-bond acceptors (Lipinski definition) is 8. The molecule has 0 bridgehead atoms. The molecule has 1 atom stereocenters. The Kier molecular flexibility index (Phi) is 7.02. The first-order valence-corrected chi connectivity index (χ1v) is 13.5. The summed E-state index contributed by atoms with van der Waals surface area (Å²) in [5.41, 5.74) is 1.40. The van der Waals surface area contributed by atoms with Crippen LogP contribution in [0.3, 0.4) is 0 Å². The van der Waals surface area contributed by atoms with E-state index in [1.807, 2.05) is 18.2 Å². The standard InChI is InChI=1S/C24H33NO7Si/c1-24(2,3)33(8,9)32-18-12-15(10-11-17(18)26-4)22-25-31-23(30-22)16-13-19(27-5)21(29-7)20(14-16)28-6/h10-14,23H,1-9H3. The Morgan fingerprint density at radius 1 is 0.818 bits per heavy atom. The fourth-order valence-electron chi connectivity index (χ4n) is 3.04. The minimum Gasteiger partial charge on any atom is -0.541 e. The second-order valence-corrected chi connectivity index (χ2v) is 13.9. The molecule has 2 aromatic rings. The molecule has 0 N–H and O–H groups in total. The molecule has 33 heavy (non-hydrogen) atoms. The molecule has 8 nitrogen and oxygen atoms in total. The van der Waals surface area contributed by atoms with Gasteiger partial charge in [-0.05, 0) is 53.6 Å². The first-order valence-electron chi connectivity index (χ1n) is 10.6. The smallest absolute Gasteiger partial charge is 0.293 e. The van der Waals surface area contributed by atoms with Gasteiger partial charge in [0.2, 0.25) is 5.75 Å². The minimum absolute atomic E-state index is 0.0378. The van der Waals surface area contributed by atoms with Crippen LogP contribution < -0.4 is 23.4 Å². The SMILES string of the molecule is COc1ccc(C2=NOC(c3cc(OC)c(OC)c(OC)c3)O2)cc1O[Si](C)(C)C(C)(C)C. The summed E-state index contributed by atoms with van der Waals surface area (Å²) in [4.78, 5) is 5.58. The topological polar surface area (TPSA) is 77.0 Å². The molecule has 2 aromatic carbocycles. The fraction of sp³-hybridized carbons (Fsp3) is 0.458. The molecule has 0 saturated heterocycles. The summed E-state index contributed by atoms with van der Waals surface area (Å²) in [5, 5.41) is 4.19. The zero-order chi connectivity index (χ0) is 24.4. The Bertz CT molecular complexity index is 1000. The van der Waals surface area contributed by atoms with Gasteiger partial charge in [-0.2, -0.15) is 0 Å². The molecule has 180 valence electrons. The van der Waals surface area contributed by atoms with E-state index in [2.05, 4.69) is 39.0 Å². The lowest BCUT2D eigenvalue weighted by Crippen LogP contribution is -2.44. The van der Waals surface area contributed by atoms with Crippen LogP contribution in [0.5, 0.6) is 28.7 Å². The molecule has 0 amide bonds. The average molecular weight is 476 g/mol. The minimum atomic E-state index is -2.08. The third-order valence-electron chi connectivity index (χ3n) is 5.99. The van der Waals surface area contributed by atoms with Gasteiger partial charge < -0.3 is 32.9 Å². The molecule has 9 heteroatoms. The molecule has 1 unspecified atom stereocenters. The second kappa shape index (κ2) is 9.42. The van der Waals surface area contributed by atoms with E-state index in [1.54, 1.807) is 40.6 Å². The molecule has 0 spiro atoms. The molecular formula is C24H33NO7Si. The predicted octanol–water partition coefficient (Wildman–Crippen LogP) is 5.51. The van der Waals surface area contributed by atoms with Crippen LogP contribution in [0, 0.1) is 0 Å². The Hall–Kier alpha value is -3.07. The van der Waals surface area contributed by atoms with E-state index in [0.717, 1.165) is 5.56 Å². The van der Waals surface area contributed by atoms with E-state index < -0.39 is 14.6 Å². The third-order valence-corrected chi connectivity index (χ3v) is 10.3. The van der Waals surface area contributed by atoms with E-state index in [4.69, 9.17) is 32.9 Å². The number of methoxy groups -OCH3 is 4. The summed E-state index contributed by atoms with van der Waals surface area (Å²) in [6.07, 6.45) is -0.763. The second-order valence-electron chi connectivity index (χ2n) is 9.14. The van der Waals surface area contributed by atoms with Crippen molar-refractivity contribution in [3.8, 4) is 28.7 Å². The van der Waals surface area contributed by atoms with Crippen molar-refractivity contribution >= 4 is 14.2 Å². The molecular weight excluding hydrogens is 442 g/mol. The number of nitrogens with zero attached hydrogens (tertiary/aromatic N) is 1. The molecule has 3 rings (SSSR count). The zero-order valence-electron chi connectivity index (χ0n) is 20.8. The number of ether oxygens (including phenoxy) is 5. The number of oxime groups is 1. The van der Waals surface area contributed by atoms with Crippen LogP contribution in [0.2, 0.25) is 18.1 Å². The number of hydrogen-bond donors (Lipinski definition) is 0. The molecule has 1 aliphatic heterocycles. The molecule has 1 aliphatic rings. The van der Waals surface area contributed by atoms with Crippen LogP contribution in [0.4, 0.5) is 0 Å². The van der Waals surface area contributed by atoms with Gasteiger partial charge in [-0.15, -0.1) is 0 Å². The highest BCUT2D eigenvalue weighted by Crippen LogP contribution is 2.43. The van der Waals surface area contributed by atoms with Crippen molar-refractivity contribution in [2.45, 2.75) is 45.2 Å². The maximum atomic E-state index is 6.50. The van der Waals surface area contributed by atoms with Gasteiger partial charge in [0.1, 0.15) is 5.75 Å². The monoisotopic (exact) mass is 475 g/mol. The lowest BCUT2D eigenvalue weighted by atomic mass is 10.1. The van der Waals surface area contributed by atoms with E-state index in [1.165, 1.54) is 0 Å². The van der Waals surface area contributed by atoms with Crippen LogP contribution in [0.1, 0.15) is 38.2 Å². The van der Waals surface area contributed by atoms with E-state index in [-0.39, 0.29) is 5.04 Å². The van der Waals surface area contributed by atoms with Gasteiger partial charge in [0, 0.05) is 11.1 Å². The summed E-state index contributed by atoms with van der Waals surface area (Å²) >= 11 is 0. The van der Waals surface area contributed by atoms with Crippen LogP contribution in [0.15, 0.2) is 35.5 Å². The molecule has 0 aromatic heterocycles. The van der Waals surface area contributed by atoms with Gasteiger partial charge in [0.05, 0.1) is 28.4 Å². The molecule has 0 radical (unpaired) electrons. The van der Waals surface area contributed by atoms with Crippen molar-refractivity contribution in [1.82, 2.24) is 0 Å². The lowest BCUT2D eigenvalue weighted by Gasteiger charge is -2.36. The summed E-state index contributed by atoms with van der Waals surface area (Å²) < 4.78 is 34.3. The average Bonchev–Trinajstić information content (AvgIpc) is 3.27. The zero-order valence-corrected chi connectivity index (χ0v) is 21.8. The van der Waals surface area contributed by atoms with Crippen molar-refractivity contribution in [1.29, 1.82) is 0 Å². The lowest BCUT2D eigenvalue weighted by molar-refractivity contribution is -0.0501. The first kappa shape index (κ1) is 24.6. The Morgan fingerprint density at radius 3 is 1.94 bits per heavy atom. The van der Waals surface area contributed by atoms with Gasteiger partial charge in [-0.3, -0.25) is 0 Å². The Morgan fingerprint density at radius 2 is 1.42 bits per heavy atom. The third kappa shape index (κ3) is 4.98. The van der Waals surface area contributed by atoms with Gasteiger partial charge in [0.15, 0.2) is 17.2 Å². The van der Waals surface area contributed by atoms with Gasteiger partial charge >= 0.3 is 0 Å². The molecule has 0 fully saturated rings. The highest BCUT2D eigenvalue weighted by molar-refractivity contribution is 6.74. The van der Waals surface area contributed by atoms with Crippen LogP contribution >= 0.6 is 0 Å². The maximum absolute atomic E-state index is 6.50. The number of benzene rings is 2. The van der Waals surface area contributed by atoms with Crippen LogP contribution in [-0.4, -0.2) is 42.7 Å². The van der Waals surface area contributed by atoms with Gasteiger partial charge in [-0.25, -0.2) is 0 Å². The number of rotatable bonds is 8. The molecule has 0 saturated carbocycles. The van der Waals surface area contributed by atoms with Crippen molar-refractivity contribution in [2.75, 3.05) is 28.4 Å². The van der Waals surface area contributed by atoms with Crippen molar-refractivity contribution < 1.29 is 32.9 Å². The van der Waals surface area contributed by atoms with Gasteiger partial charge in [0.25, 0.3) is 20.5 Å². The summed E-state index contributed by atoms with van der Waals surface area (Å²) in [5.74, 6) is 3.15. The molecule has 1 heterocycles. The predicted molar refractivity (Wildman–Crippen MR) is 128 cm³/mol. The normalized spacial score (nSPS) is 15.8. The largest absolute Gasteiger partial charge is 0.541 e. The van der Waals surface area contributed by atoms with E-state index in [9.17, 15) is 0 Å². The summed E-state index contributed by atoms with van der Waals surface area (Å²) in [7, 11) is 4.21. The highest BCUT2D eigenvalue weighted by Gasteiger charge is 2.40. The van der Waals surface area contributed by atoms with Crippen molar-refractivity contribution in [3.63, 3.8) is 0 Å². The van der Waals surface area contributed by atoms with Crippen molar-refractivity contribution in [3.05, 3.63) is 41.5 Å². The van der Waals surface area contributed by atoms with Crippen LogP contribution in [-0.2, 0) is 9.57 Å². The molecule has 0 aliphatic carbocycles. The van der Waals surface area contributed by atoms with Crippen molar-refractivity contribution in [2.24, 2.45) is 5.16 Å². The fourth-order valence-corrected chi connectivity index (χ4v) is 4.06. The highest BCUT2D eigenvalue weighted by atomic mass is 28.4. The Labute approximate surface area is 196 Å². The first-order chi connectivity index (χ1) is 15.5. The maximum Gasteiger partial charge on any atom is 0.293 e. The summed E-state index contributed by atoms with van der Waals surface area (Å²) in [6, 6.07) is 9.11. The van der Waals surface area contributed by atoms with E-state index >= 15 is 0 Å². The Balaban J connectivity index is 1.87. The quantitative estimate of drug-likeness (QED) is 0.466. The summed E-state index contributed by atoms with van der Waals surface area (Å²) in [6.45, 7) is 10.9.